The lowest BCUT2D eigenvalue weighted by Gasteiger charge is -2.41. The molecule has 1 amide bonds. The van der Waals surface area contributed by atoms with E-state index in [9.17, 15) is 9.90 Å². The van der Waals surface area contributed by atoms with Gasteiger partial charge >= 0.3 is 0 Å². The molecule has 0 bridgehead atoms. The Hall–Kier alpha value is -2.67. The van der Waals surface area contributed by atoms with Gasteiger partial charge in [-0.15, -0.1) is 0 Å². The fourth-order valence-corrected chi connectivity index (χ4v) is 5.28. The first-order chi connectivity index (χ1) is 15.9. The van der Waals surface area contributed by atoms with Crippen LogP contribution in [0.25, 0.3) is 11.1 Å². The van der Waals surface area contributed by atoms with Crippen molar-refractivity contribution >= 4 is 17.8 Å². The summed E-state index contributed by atoms with van der Waals surface area (Å²) in [5, 5.41) is 22.5. The topological polar surface area (TPSA) is 74.0 Å². The minimum Gasteiger partial charge on any atom is -0.390 e. The molecule has 174 valence electrons. The number of hydrazone groups is 1. The van der Waals surface area contributed by atoms with Crippen molar-refractivity contribution in [2.75, 3.05) is 18.1 Å². The Bertz CT molecular complexity index is 1060. The zero-order valence-electron chi connectivity index (χ0n) is 19.4. The highest BCUT2D eigenvalue weighted by Gasteiger charge is 2.48. The molecule has 2 aliphatic carbocycles. The minimum atomic E-state index is -0.741. The zero-order valence-corrected chi connectivity index (χ0v) is 19.4. The molecule has 1 atom stereocenters. The largest absolute Gasteiger partial charge is 0.390 e. The molecule has 33 heavy (non-hydrogen) atoms. The molecule has 1 saturated heterocycles. The van der Waals surface area contributed by atoms with Crippen molar-refractivity contribution in [3.63, 3.8) is 0 Å². The molecule has 1 aromatic carbocycles. The molecule has 4 aliphatic rings. The number of benzene rings is 1. The number of hydrogen-bond donors (Lipinski definition) is 1. The molecular formula is C26H33N5O2. The van der Waals surface area contributed by atoms with E-state index in [-0.39, 0.29) is 17.4 Å². The Morgan fingerprint density at radius 1 is 1.09 bits per heavy atom. The molecule has 0 spiro atoms. The third-order valence-corrected chi connectivity index (χ3v) is 8.03. The van der Waals surface area contributed by atoms with Gasteiger partial charge in [0.2, 0.25) is 5.91 Å². The fraction of sp³-hybridized carbons (Fsp3) is 0.577. The Morgan fingerprint density at radius 2 is 1.82 bits per heavy atom. The predicted molar refractivity (Wildman–Crippen MR) is 128 cm³/mol. The number of hydrogen-bond acceptors (Lipinski definition) is 5. The summed E-state index contributed by atoms with van der Waals surface area (Å²) in [5.41, 5.74) is 2.48. The van der Waals surface area contributed by atoms with Crippen LogP contribution in [0.5, 0.6) is 0 Å². The number of nitrogens with zero attached hydrogens (tertiary/aromatic N) is 5. The molecular weight excluding hydrogens is 414 g/mol. The Balaban J connectivity index is 1.09. The number of amides is 1. The number of rotatable bonds is 6. The summed E-state index contributed by atoms with van der Waals surface area (Å²) >= 11 is 0. The number of aliphatic hydroxyl groups is 1. The summed E-state index contributed by atoms with van der Waals surface area (Å²) < 4.78 is 2.08. The van der Waals surface area contributed by atoms with Gasteiger partial charge in [0.1, 0.15) is 0 Å². The molecule has 1 unspecified atom stereocenters. The highest BCUT2D eigenvalue weighted by molar-refractivity contribution is 5.85. The summed E-state index contributed by atoms with van der Waals surface area (Å²) in [6, 6.07) is 9.21. The summed E-state index contributed by atoms with van der Waals surface area (Å²) in [7, 11) is 0. The lowest BCUT2D eigenvalue weighted by molar-refractivity contribution is -0.140. The predicted octanol–water partition coefficient (Wildman–Crippen LogP) is 3.99. The SMILES string of the molecule is CC1(C(=O)N2CCC(O)(CC3CC=NN3c3ccc(-c4cnn(C5CC5)c4)cc3)CC2)CC1. The van der Waals surface area contributed by atoms with Crippen LogP contribution in [0.15, 0.2) is 41.8 Å². The van der Waals surface area contributed by atoms with E-state index in [1.54, 1.807) is 0 Å². The average Bonchev–Trinajstić information content (AvgIpc) is 3.71. The molecule has 2 saturated carbocycles. The lowest BCUT2D eigenvalue weighted by Crippen LogP contribution is -2.50. The first-order valence-electron chi connectivity index (χ1n) is 12.4. The summed E-state index contributed by atoms with van der Waals surface area (Å²) in [5.74, 6) is 0.276. The standard InChI is InChI=1S/C26H33N5O2/c1-25(9-10-25)24(32)29-14-11-26(33,12-15-29)16-23-8-13-27-31(23)22-4-2-19(3-5-22)20-17-28-30(18-20)21-6-7-21/h2-5,13,17-18,21,23,33H,6-12,14-16H2,1H3. The molecule has 6 rings (SSSR count). The first kappa shape index (κ1) is 20.9. The van der Waals surface area contributed by atoms with Gasteiger partial charge in [-0.2, -0.15) is 10.2 Å². The van der Waals surface area contributed by atoms with Crippen LogP contribution >= 0.6 is 0 Å². The number of carbonyl (C=O) groups excluding carboxylic acids is 1. The van der Waals surface area contributed by atoms with Crippen LogP contribution in [-0.2, 0) is 4.79 Å². The number of aromatic nitrogens is 2. The van der Waals surface area contributed by atoms with Gasteiger partial charge in [-0.3, -0.25) is 14.5 Å². The van der Waals surface area contributed by atoms with Crippen molar-refractivity contribution in [2.24, 2.45) is 10.5 Å². The van der Waals surface area contributed by atoms with Crippen molar-refractivity contribution < 1.29 is 9.90 Å². The maximum Gasteiger partial charge on any atom is 0.228 e. The van der Waals surface area contributed by atoms with E-state index >= 15 is 0 Å². The fourth-order valence-electron chi connectivity index (χ4n) is 5.28. The van der Waals surface area contributed by atoms with Crippen molar-refractivity contribution in [2.45, 2.75) is 76.0 Å². The first-order valence-corrected chi connectivity index (χ1v) is 12.4. The van der Waals surface area contributed by atoms with Gasteiger partial charge in [-0.05, 0) is 62.6 Å². The van der Waals surface area contributed by atoms with Crippen LogP contribution in [-0.4, -0.2) is 56.6 Å². The maximum atomic E-state index is 12.7. The third-order valence-electron chi connectivity index (χ3n) is 8.03. The van der Waals surface area contributed by atoms with E-state index in [0.717, 1.165) is 36.1 Å². The number of likely N-dealkylation sites (tertiary alicyclic amines) is 1. The van der Waals surface area contributed by atoms with Crippen LogP contribution in [0.3, 0.4) is 0 Å². The van der Waals surface area contributed by atoms with Gasteiger partial charge in [-0.25, -0.2) is 0 Å². The smallest absolute Gasteiger partial charge is 0.228 e. The van der Waals surface area contributed by atoms with Gasteiger partial charge in [0, 0.05) is 42.9 Å². The Morgan fingerprint density at radius 3 is 2.48 bits per heavy atom. The van der Waals surface area contributed by atoms with E-state index in [1.807, 2.05) is 17.3 Å². The van der Waals surface area contributed by atoms with Gasteiger partial charge < -0.3 is 10.0 Å². The van der Waals surface area contributed by atoms with E-state index in [0.29, 0.717) is 38.4 Å². The number of carbonyl (C=O) groups is 1. The molecule has 3 fully saturated rings. The summed E-state index contributed by atoms with van der Waals surface area (Å²) in [6.45, 7) is 3.37. The van der Waals surface area contributed by atoms with Crippen LogP contribution in [0.4, 0.5) is 5.69 Å². The highest BCUT2D eigenvalue weighted by atomic mass is 16.3. The zero-order chi connectivity index (χ0) is 22.6. The monoisotopic (exact) mass is 447 g/mol. The van der Waals surface area contributed by atoms with E-state index in [1.165, 1.54) is 12.8 Å². The number of anilines is 1. The second-order valence-corrected chi connectivity index (χ2v) is 10.8. The van der Waals surface area contributed by atoms with Gasteiger partial charge in [-0.1, -0.05) is 19.1 Å². The van der Waals surface area contributed by atoms with Gasteiger partial charge in [0.15, 0.2) is 0 Å². The molecule has 3 heterocycles. The van der Waals surface area contributed by atoms with E-state index in [2.05, 4.69) is 57.3 Å². The second kappa shape index (κ2) is 7.69. The molecule has 0 radical (unpaired) electrons. The van der Waals surface area contributed by atoms with Gasteiger partial charge in [0.25, 0.3) is 0 Å². The third kappa shape index (κ3) is 4.07. The van der Waals surface area contributed by atoms with Crippen molar-refractivity contribution in [1.82, 2.24) is 14.7 Å². The van der Waals surface area contributed by atoms with Crippen molar-refractivity contribution in [1.29, 1.82) is 0 Å². The Kier molecular flexibility index (Phi) is 4.87. The van der Waals surface area contributed by atoms with Gasteiger partial charge in [0.05, 0.1) is 29.6 Å². The van der Waals surface area contributed by atoms with E-state index in [4.69, 9.17) is 0 Å². The van der Waals surface area contributed by atoms with Crippen LogP contribution in [0.1, 0.15) is 64.3 Å². The minimum absolute atomic E-state index is 0.131. The second-order valence-electron chi connectivity index (χ2n) is 10.8. The van der Waals surface area contributed by atoms with Crippen LogP contribution in [0.2, 0.25) is 0 Å². The van der Waals surface area contributed by atoms with Crippen molar-refractivity contribution in [3.05, 3.63) is 36.7 Å². The molecule has 1 N–H and O–H groups in total. The number of piperidine rings is 1. The Labute approximate surface area is 195 Å². The molecule has 1 aromatic heterocycles. The molecule has 7 nitrogen and oxygen atoms in total. The van der Waals surface area contributed by atoms with E-state index < -0.39 is 5.60 Å². The van der Waals surface area contributed by atoms with Crippen molar-refractivity contribution in [3.8, 4) is 11.1 Å². The normalized spacial score (nSPS) is 25.5. The molecule has 2 aliphatic heterocycles. The highest BCUT2D eigenvalue weighted by Crippen LogP contribution is 2.47. The summed E-state index contributed by atoms with van der Waals surface area (Å²) in [4.78, 5) is 14.6. The maximum absolute atomic E-state index is 12.7. The lowest BCUT2D eigenvalue weighted by atomic mass is 9.84. The molecule has 2 aromatic rings. The molecule has 7 heteroatoms. The van der Waals surface area contributed by atoms with Crippen LogP contribution < -0.4 is 5.01 Å². The average molecular weight is 448 g/mol. The quantitative estimate of drug-likeness (QED) is 0.727. The summed E-state index contributed by atoms with van der Waals surface area (Å²) in [6.07, 6.45) is 13.3. The van der Waals surface area contributed by atoms with Crippen LogP contribution in [0, 0.1) is 5.41 Å².